The Kier molecular flexibility index (Phi) is 5.54. The van der Waals surface area contributed by atoms with Crippen molar-refractivity contribution in [2.45, 2.75) is 50.4 Å². The molecule has 0 radical (unpaired) electrons. The van der Waals surface area contributed by atoms with Crippen LogP contribution in [0.1, 0.15) is 37.7 Å². The molecule has 1 spiro atoms. The lowest BCUT2D eigenvalue weighted by Crippen LogP contribution is -2.43. The maximum atomic E-state index is 6.24. The minimum atomic E-state index is 0.101. The van der Waals surface area contributed by atoms with Gasteiger partial charge in [0, 0.05) is 32.6 Å². The average molecular weight is 351 g/mol. The van der Waals surface area contributed by atoms with Gasteiger partial charge in [0.05, 0.1) is 24.9 Å². The Labute approximate surface area is 149 Å². The summed E-state index contributed by atoms with van der Waals surface area (Å²) in [5.74, 6) is 0. The van der Waals surface area contributed by atoms with E-state index in [0.717, 1.165) is 58.7 Å². The van der Waals surface area contributed by atoms with Crippen molar-refractivity contribution in [2.24, 2.45) is 0 Å². The van der Waals surface area contributed by atoms with Crippen molar-refractivity contribution in [3.63, 3.8) is 0 Å². The molecule has 3 fully saturated rings. The molecule has 3 aliphatic rings. The second kappa shape index (κ2) is 7.83. The van der Waals surface area contributed by atoms with Crippen LogP contribution in [0.4, 0.5) is 0 Å². The second-order valence-electron chi connectivity index (χ2n) is 7.65. The number of ether oxygens (including phenoxy) is 2. The van der Waals surface area contributed by atoms with Gasteiger partial charge in [-0.2, -0.15) is 11.3 Å². The van der Waals surface area contributed by atoms with Crippen LogP contribution in [0.3, 0.4) is 0 Å². The molecule has 0 aliphatic carbocycles. The highest BCUT2D eigenvalue weighted by atomic mass is 32.1. The van der Waals surface area contributed by atoms with Gasteiger partial charge in [-0.05, 0) is 61.2 Å². The molecule has 0 aromatic carbocycles. The molecule has 0 unspecified atom stereocenters. The summed E-state index contributed by atoms with van der Waals surface area (Å²) in [6, 6.07) is 2.24. The largest absolute Gasteiger partial charge is 0.374 e. The topological polar surface area (TPSA) is 24.9 Å². The van der Waals surface area contributed by atoms with E-state index in [9.17, 15) is 0 Å². The van der Waals surface area contributed by atoms with Gasteiger partial charge in [-0.25, -0.2) is 0 Å². The summed E-state index contributed by atoms with van der Waals surface area (Å²) in [5.41, 5.74) is 1.55. The van der Waals surface area contributed by atoms with Gasteiger partial charge in [0.2, 0.25) is 0 Å². The first-order valence-corrected chi connectivity index (χ1v) is 10.5. The maximum absolute atomic E-state index is 6.24. The Morgan fingerprint density at radius 1 is 1.17 bits per heavy atom. The summed E-state index contributed by atoms with van der Waals surface area (Å²) < 4.78 is 12.4. The van der Waals surface area contributed by atoms with E-state index in [1.54, 1.807) is 11.3 Å². The lowest BCUT2D eigenvalue weighted by atomic mass is 9.88. The average Bonchev–Trinajstić information content (AvgIpc) is 3.34. The number of nitrogens with zero attached hydrogens (tertiary/aromatic N) is 2. The van der Waals surface area contributed by atoms with Crippen molar-refractivity contribution in [2.75, 3.05) is 45.9 Å². The van der Waals surface area contributed by atoms with Gasteiger partial charge in [0.1, 0.15) is 0 Å². The van der Waals surface area contributed by atoms with E-state index in [2.05, 4.69) is 26.6 Å². The number of piperidine rings is 1. The highest BCUT2D eigenvalue weighted by molar-refractivity contribution is 7.07. The Morgan fingerprint density at radius 2 is 2.00 bits per heavy atom. The molecule has 1 aromatic heterocycles. The zero-order valence-electron chi connectivity index (χ0n) is 14.6. The first kappa shape index (κ1) is 17.0. The third kappa shape index (κ3) is 4.20. The molecule has 5 heteroatoms. The van der Waals surface area contributed by atoms with Gasteiger partial charge < -0.3 is 14.4 Å². The highest BCUT2D eigenvalue weighted by Crippen LogP contribution is 2.37. The van der Waals surface area contributed by atoms with Crippen molar-refractivity contribution in [3.05, 3.63) is 22.4 Å². The van der Waals surface area contributed by atoms with Crippen LogP contribution in [0.2, 0.25) is 0 Å². The van der Waals surface area contributed by atoms with E-state index in [1.165, 1.54) is 31.5 Å². The molecule has 0 amide bonds. The van der Waals surface area contributed by atoms with Gasteiger partial charge in [-0.1, -0.05) is 0 Å². The van der Waals surface area contributed by atoms with Crippen molar-refractivity contribution in [1.29, 1.82) is 0 Å². The fraction of sp³-hybridized carbons (Fsp3) is 0.789. The highest BCUT2D eigenvalue weighted by Gasteiger charge is 2.43. The monoisotopic (exact) mass is 350 g/mol. The summed E-state index contributed by atoms with van der Waals surface area (Å²) in [6.07, 6.45) is 6.44. The SMILES string of the molecule is c1cc(CN2CCC3(CC2)C[C@H](OCCN2CCCC2)CO3)cs1. The molecule has 4 heterocycles. The maximum Gasteiger partial charge on any atom is 0.0836 e. The number of rotatable bonds is 6. The molecule has 4 rings (SSSR count). The molecule has 4 nitrogen and oxygen atoms in total. The van der Waals surface area contributed by atoms with E-state index in [0.29, 0.717) is 6.10 Å². The van der Waals surface area contributed by atoms with Crippen LogP contribution < -0.4 is 0 Å². The van der Waals surface area contributed by atoms with Crippen LogP contribution in [-0.2, 0) is 16.0 Å². The van der Waals surface area contributed by atoms with E-state index < -0.39 is 0 Å². The number of thiophene rings is 1. The smallest absolute Gasteiger partial charge is 0.0836 e. The van der Waals surface area contributed by atoms with E-state index in [4.69, 9.17) is 9.47 Å². The molecule has 1 aromatic rings. The Hall–Kier alpha value is -0.460. The van der Waals surface area contributed by atoms with Gasteiger partial charge in [0.25, 0.3) is 0 Å². The van der Waals surface area contributed by atoms with Crippen LogP contribution in [0, 0.1) is 0 Å². The lowest BCUT2D eigenvalue weighted by Gasteiger charge is -2.38. The molecule has 24 heavy (non-hydrogen) atoms. The van der Waals surface area contributed by atoms with Crippen LogP contribution in [0.25, 0.3) is 0 Å². The molecule has 134 valence electrons. The lowest BCUT2D eigenvalue weighted by molar-refractivity contribution is -0.0466. The second-order valence-corrected chi connectivity index (χ2v) is 8.43. The van der Waals surface area contributed by atoms with Crippen molar-refractivity contribution in [3.8, 4) is 0 Å². The van der Waals surface area contributed by atoms with E-state index in [1.807, 2.05) is 0 Å². The fourth-order valence-electron chi connectivity index (χ4n) is 4.37. The number of hydrogen-bond acceptors (Lipinski definition) is 5. The van der Waals surface area contributed by atoms with Crippen molar-refractivity contribution in [1.82, 2.24) is 9.80 Å². The first-order chi connectivity index (χ1) is 11.8. The zero-order valence-corrected chi connectivity index (χ0v) is 15.4. The summed E-state index contributed by atoms with van der Waals surface area (Å²) in [5, 5.41) is 4.44. The quantitative estimate of drug-likeness (QED) is 0.787. The summed E-state index contributed by atoms with van der Waals surface area (Å²) in [7, 11) is 0. The van der Waals surface area contributed by atoms with Gasteiger partial charge in [-0.15, -0.1) is 0 Å². The predicted molar refractivity (Wildman–Crippen MR) is 97.5 cm³/mol. The van der Waals surface area contributed by atoms with Gasteiger partial charge >= 0.3 is 0 Å². The molecule has 0 bridgehead atoms. The number of hydrogen-bond donors (Lipinski definition) is 0. The summed E-state index contributed by atoms with van der Waals surface area (Å²) >= 11 is 1.79. The zero-order chi connectivity index (χ0) is 16.2. The molecule has 0 N–H and O–H groups in total. The van der Waals surface area contributed by atoms with Crippen LogP contribution in [0.15, 0.2) is 16.8 Å². The Bertz CT molecular complexity index is 493. The van der Waals surface area contributed by atoms with E-state index >= 15 is 0 Å². The van der Waals surface area contributed by atoms with E-state index in [-0.39, 0.29) is 5.60 Å². The minimum absolute atomic E-state index is 0.101. The Morgan fingerprint density at radius 3 is 2.75 bits per heavy atom. The number of likely N-dealkylation sites (tertiary alicyclic amines) is 2. The first-order valence-electron chi connectivity index (χ1n) is 9.53. The third-order valence-corrected chi connectivity index (χ3v) is 6.62. The Balaban J connectivity index is 1.17. The predicted octanol–water partition coefficient (Wildman–Crippen LogP) is 2.98. The molecule has 3 saturated heterocycles. The van der Waals surface area contributed by atoms with Gasteiger partial charge in [0.15, 0.2) is 0 Å². The van der Waals surface area contributed by atoms with Crippen LogP contribution in [-0.4, -0.2) is 67.4 Å². The standard InChI is InChI=1S/C19H30N2O2S/c1-2-7-20(6-1)10-11-22-18-13-19(23-15-18)4-8-21(9-5-19)14-17-3-12-24-16-17/h3,12,16,18H,1-2,4-11,13-15H2/t18-/m0/s1. The molecular formula is C19H30N2O2S. The third-order valence-electron chi connectivity index (χ3n) is 5.89. The molecule has 1 atom stereocenters. The minimum Gasteiger partial charge on any atom is -0.374 e. The summed E-state index contributed by atoms with van der Waals surface area (Å²) in [6.45, 7) is 8.67. The fourth-order valence-corrected chi connectivity index (χ4v) is 5.03. The van der Waals surface area contributed by atoms with Crippen molar-refractivity contribution >= 4 is 11.3 Å². The molecule has 3 aliphatic heterocycles. The normalized spacial score (nSPS) is 28.1. The molecular weight excluding hydrogens is 320 g/mol. The summed E-state index contributed by atoms with van der Waals surface area (Å²) in [4.78, 5) is 5.09. The van der Waals surface area contributed by atoms with Crippen LogP contribution >= 0.6 is 11.3 Å². The van der Waals surface area contributed by atoms with Crippen LogP contribution in [0.5, 0.6) is 0 Å². The van der Waals surface area contributed by atoms with Crippen molar-refractivity contribution < 1.29 is 9.47 Å². The molecule has 0 saturated carbocycles. The van der Waals surface area contributed by atoms with Gasteiger partial charge in [-0.3, -0.25) is 4.90 Å².